The first-order chi connectivity index (χ1) is 10.1. The molecule has 22 heavy (non-hydrogen) atoms. The van der Waals surface area contributed by atoms with Crippen LogP contribution >= 0.6 is 0 Å². The lowest BCUT2D eigenvalue weighted by atomic mass is 9.86. The summed E-state index contributed by atoms with van der Waals surface area (Å²) in [7, 11) is 0. The molecule has 2 rings (SSSR count). The highest BCUT2D eigenvalue weighted by Crippen LogP contribution is 2.45. The van der Waals surface area contributed by atoms with Crippen LogP contribution in [0.3, 0.4) is 0 Å². The van der Waals surface area contributed by atoms with E-state index in [1.165, 1.54) is 6.92 Å². The van der Waals surface area contributed by atoms with Crippen LogP contribution in [0.15, 0.2) is 12.1 Å². The number of hydrogen-bond acceptors (Lipinski definition) is 2. The summed E-state index contributed by atoms with van der Waals surface area (Å²) in [5, 5.41) is 0. The van der Waals surface area contributed by atoms with Crippen LogP contribution in [0.2, 0.25) is 0 Å². The first kappa shape index (κ1) is 16.9. The van der Waals surface area contributed by atoms with Gasteiger partial charge < -0.3 is 9.47 Å². The van der Waals surface area contributed by atoms with Gasteiger partial charge in [-0.1, -0.05) is 13.0 Å². The van der Waals surface area contributed by atoms with Crippen molar-refractivity contribution in [2.45, 2.75) is 31.7 Å². The summed E-state index contributed by atoms with van der Waals surface area (Å²) in [4.78, 5) is 0. The van der Waals surface area contributed by atoms with E-state index in [0.717, 1.165) is 6.07 Å². The van der Waals surface area contributed by atoms with Crippen molar-refractivity contribution in [3.63, 3.8) is 0 Å². The minimum Gasteiger partial charge on any atom is -0.431 e. The van der Waals surface area contributed by atoms with Crippen molar-refractivity contribution in [3.8, 4) is 5.75 Å². The molecule has 3 atom stereocenters. The highest BCUT2D eigenvalue weighted by molar-refractivity contribution is 5.39. The van der Waals surface area contributed by atoms with Crippen LogP contribution in [0.5, 0.6) is 5.75 Å². The van der Waals surface area contributed by atoms with Gasteiger partial charge in [0.15, 0.2) is 17.7 Å². The van der Waals surface area contributed by atoms with Gasteiger partial charge in [0.25, 0.3) is 0 Å². The third kappa shape index (κ3) is 3.13. The zero-order valence-electron chi connectivity index (χ0n) is 11.1. The second kappa shape index (κ2) is 5.94. The summed E-state index contributed by atoms with van der Waals surface area (Å²) < 4.78 is 98.3. The topological polar surface area (TPSA) is 18.5 Å². The van der Waals surface area contributed by atoms with Crippen LogP contribution < -0.4 is 4.74 Å². The van der Waals surface area contributed by atoms with E-state index in [1.807, 2.05) is 0 Å². The predicted molar refractivity (Wildman–Crippen MR) is 60.7 cm³/mol. The lowest BCUT2D eigenvalue weighted by Gasteiger charge is -2.22. The fourth-order valence-electron chi connectivity index (χ4n) is 2.54. The molecule has 124 valence electrons. The van der Waals surface area contributed by atoms with Crippen LogP contribution in [0.25, 0.3) is 0 Å². The van der Waals surface area contributed by atoms with E-state index >= 15 is 0 Å². The third-order valence-electron chi connectivity index (χ3n) is 3.58. The van der Waals surface area contributed by atoms with Gasteiger partial charge in [0.2, 0.25) is 5.82 Å². The van der Waals surface area contributed by atoms with Crippen molar-refractivity contribution in [2.24, 2.45) is 5.92 Å². The van der Waals surface area contributed by atoms with Gasteiger partial charge in [-0.3, -0.25) is 0 Å². The average molecular weight is 332 g/mol. The van der Waals surface area contributed by atoms with Crippen LogP contribution in [-0.4, -0.2) is 25.5 Å². The van der Waals surface area contributed by atoms with Crippen molar-refractivity contribution in [1.82, 2.24) is 0 Å². The molecular weight excluding hydrogens is 321 g/mol. The molecule has 1 saturated heterocycles. The molecule has 9 heteroatoms. The van der Waals surface area contributed by atoms with Crippen LogP contribution in [0.4, 0.5) is 30.7 Å². The molecule has 1 aliphatic heterocycles. The molecule has 0 unspecified atom stereocenters. The summed E-state index contributed by atoms with van der Waals surface area (Å²) in [5.74, 6) is -6.39. The van der Waals surface area contributed by atoms with E-state index in [4.69, 9.17) is 0 Å². The molecule has 1 heterocycles. The molecule has 0 N–H and O–H groups in total. The highest BCUT2D eigenvalue weighted by atomic mass is 19.4. The lowest BCUT2D eigenvalue weighted by molar-refractivity contribution is -0.215. The molecule has 0 aromatic heterocycles. The fraction of sp³-hybridized carbons (Fsp3) is 0.538. The Morgan fingerprint density at radius 3 is 2.36 bits per heavy atom. The normalized spacial score (nSPS) is 25.8. The summed E-state index contributed by atoms with van der Waals surface area (Å²) in [5.41, 5.74) is -0.279. The number of alkyl halides is 5. The van der Waals surface area contributed by atoms with E-state index in [2.05, 4.69) is 9.47 Å². The van der Waals surface area contributed by atoms with Crippen molar-refractivity contribution >= 4 is 0 Å². The van der Waals surface area contributed by atoms with Gasteiger partial charge in [-0.15, -0.1) is 0 Å². The second-order valence-corrected chi connectivity index (χ2v) is 4.92. The molecule has 2 nitrogen and oxygen atoms in total. The van der Waals surface area contributed by atoms with Crippen molar-refractivity contribution in [1.29, 1.82) is 0 Å². The summed E-state index contributed by atoms with van der Waals surface area (Å²) in [6.07, 6.45) is -6.75. The van der Waals surface area contributed by atoms with E-state index in [9.17, 15) is 30.7 Å². The molecule has 0 amide bonds. The van der Waals surface area contributed by atoms with Gasteiger partial charge in [-0.25, -0.2) is 4.39 Å². The van der Waals surface area contributed by atoms with Gasteiger partial charge in [0.05, 0.1) is 6.61 Å². The number of hydrogen-bond donors (Lipinski definition) is 0. The first-order valence-electron chi connectivity index (χ1n) is 6.24. The maximum atomic E-state index is 13.6. The smallest absolute Gasteiger partial charge is 0.414 e. The van der Waals surface area contributed by atoms with Gasteiger partial charge >= 0.3 is 12.8 Å². The molecule has 0 saturated carbocycles. The Balaban J connectivity index is 2.39. The number of rotatable bonds is 3. The summed E-state index contributed by atoms with van der Waals surface area (Å²) in [6.45, 7) is -2.70. The lowest BCUT2D eigenvalue weighted by Crippen LogP contribution is -2.33. The molecule has 0 spiro atoms. The molecule has 1 aromatic rings. The van der Waals surface area contributed by atoms with Gasteiger partial charge in [0.1, 0.15) is 0 Å². The monoisotopic (exact) mass is 332 g/mol. The molecule has 0 aliphatic carbocycles. The Kier molecular flexibility index (Phi) is 4.55. The van der Waals surface area contributed by atoms with E-state index in [-0.39, 0.29) is 5.56 Å². The van der Waals surface area contributed by atoms with Crippen LogP contribution in [-0.2, 0) is 4.74 Å². The molecule has 1 aliphatic rings. The largest absolute Gasteiger partial charge is 0.431 e. The van der Waals surface area contributed by atoms with Crippen molar-refractivity contribution in [3.05, 3.63) is 29.3 Å². The number of halogens is 7. The minimum atomic E-state index is -4.64. The Labute approximate surface area is 120 Å². The van der Waals surface area contributed by atoms with Crippen molar-refractivity contribution < 1.29 is 40.2 Å². The van der Waals surface area contributed by atoms with E-state index in [0.29, 0.717) is 6.07 Å². The van der Waals surface area contributed by atoms with Crippen molar-refractivity contribution in [2.75, 3.05) is 6.61 Å². The molecule has 1 fully saturated rings. The van der Waals surface area contributed by atoms with Gasteiger partial charge in [-0.2, -0.15) is 26.3 Å². The highest BCUT2D eigenvalue weighted by Gasteiger charge is 2.51. The number of benzene rings is 1. The molecule has 0 bridgehead atoms. The first-order valence-corrected chi connectivity index (χ1v) is 6.24. The summed E-state index contributed by atoms with van der Waals surface area (Å²) in [6, 6.07) is 1.58. The maximum Gasteiger partial charge on any atom is 0.414 e. The minimum absolute atomic E-state index is 0.279. The predicted octanol–water partition coefficient (Wildman–Crippen LogP) is 4.25. The van der Waals surface area contributed by atoms with Crippen LogP contribution in [0.1, 0.15) is 18.4 Å². The quantitative estimate of drug-likeness (QED) is 0.771. The fourth-order valence-corrected chi connectivity index (χ4v) is 2.54. The second-order valence-electron chi connectivity index (χ2n) is 4.92. The van der Waals surface area contributed by atoms with E-state index in [1.54, 1.807) is 0 Å². The molecule has 0 radical (unpaired) electrons. The Morgan fingerprint density at radius 1 is 1.23 bits per heavy atom. The van der Waals surface area contributed by atoms with Gasteiger partial charge in [0, 0.05) is 17.4 Å². The zero-order valence-corrected chi connectivity index (χ0v) is 11.1. The van der Waals surface area contributed by atoms with Gasteiger partial charge in [-0.05, 0) is 6.07 Å². The van der Waals surface area contributed by atoms with Crippen LogP contribution in [0, 0.1) is 17.6 Å². The Bertz CT molecular complexity index is 544. The van der Waals surface area contributed by atoms with E-state index < -0.39 is 54.7 Å². The Hall–Kier alpha value is -1.51. The molecular formula is C13H11F7O2. The zero-order chi connectivity index (χ0) is 16.7. The average Bonchev–Trinajstić information content (AvgIpc) is 2.77. The Morgan fingerprint density at radius 2 is 1.86 bits per heavy atom. The SMILES string of the molecule is C[C@@H]1[C@H](c2ccc(F)c(F)c2OC(F)F)CO[C@@H]1C(F)(F)F. The third-order valence-corrected chi connectivity index (χ3v) is 3.58. The maximum absolute atomic E-state index is 13.6. The summed E-state index contributed by atoms with van der Waals surface area (Å²) >= 11 is 0. The number of ether oxygens (including phenoxy) is 2. The standard InChI is InChI=1S/C13H11F7O2/c1-5-7(4-21-11(5)13(18,19)20)6-2-3-8(14)9(15)10(6)22-12(16)17/h2-3,5,7,11-12H,4H2,1H3/t5-,7-,11+/m1/s1. The molecule has 1 aromatic carbocycles.